The number of sulfonamides is 1. The molecule has 21 heavy (non-hydrogen) atoms. The standard InChI is InChI=1S/C13H13BrClN3O2S/c1-7-3-9(14)4-8(2)12(7)18-21(19,20)10-5-11(15)13(16)17-6-10/h3-6,18H,1-2H3,(H2,16,17). The summed E-state index contributed by atoms with van der Waals surface area (Å²) in [5.74, 6) is 0.0895. The van der Waals surface area contributed by atoms with Gasteiger partial charge in [-0.3, -0.25) is 4.72 Å². The molecule has 0 aliphatic heterocycles. The minimum Gasteiger partial charge on any atom is -0.382 e. The number of pyridine rings is 1. The van der Waals surface area contributed by atoms with Crippen molar-refractivity contribution in [1.82, 2.24) is 4.98 Å². The van der Waals surface area contributed by atoms with E-state index < -0.39 is 10.0 Å². The molecule has 1 heterocycles. The molecule has 2 rings (SSSR count). The van der Waals surface area contributed by atoms with Gasteiger partial charge in [-0.25, -0.2) is 13.4 Å². The topological polar surface area (TPSA) is 85.1 Å². The maximum absolute atomic E-state index is 12.4. The van der Waals surface area contributed by atoms with Crippen LogP contribution < -0.4 is 10.5 Å². The lowest BCUT2D eigenvalue weighted by Gasteiger charge is -2.14. The van der Waals surface area contributed by atoms with E-state index in [-0.39, 0.29) is 15.7 Å². The van der Waals surface area contributed by atoms with Gasteiger partial charge in [0.2, 0.25) is 0 Å². The predicted molar refractivity (Wildman–Crippen MR) is 88.1 cm³/mol. The van der Waals surface area contributed by atoms with E-state index in [1.165, 1.54) is 12.3 Å². The Labute approximate surface area is 136 Å². The molecule has 0 aliphatic rings. The number of hydrogen-bond donors (Lipinski definition) is 2. The smallest absolute Gasteiger partial charge is 0.263 e. The zero-order valence-corrected chi connectivity index (χ0v) is 14.5. The largest absolute Gasteiger partial charge is 0.382 e. The molecule has 0 spiro atoms. The maximum atomic E-state index is 12.4. The Kier molecular flexibility index (Phi) is 4.46. The predicted octanol–water partition coefficient (Wildman–Crippen LogP) is 3.50. The number of anilines is 2. The molecule has 0 saturated heterocycles. The second-order valence-electron chi connectivity index (χ2n) is 4.56. The number of rotatable bonds is 3. The third-order valence-corrected chi connectivity index (χ3v) is 4.97. The Morgan fingerprint density at radius 3 is 2.33 bits per heavy atom. The summed E-state index contributed by atoms with van der Waals surface area (Å²) in [6.07, 6.45) is 1.17. The Hall–Kier alpha value is -1.31. The summed E-state index contributed by atoms with van der Waals surface area (Å²) < 4.78 is 28.2. The number of benzene rings is 1. The molecule has 5 nitrogen and oxygen atoms in total. The molecule has 1 aromatic heterocycles. The summed E-state index contributed by atoms with van der Waals surface area (Å²) in [7, 11) is -3.78. The summed E-state index contributed by atoms with van der Waals surface area (Å²) in [6.45, 7) is 3.65. The number of nitrogens with one attached hydrogen (secondary N) is 1. The average Bonchev–Trinajstić information content (AvgIpc) is 2.37. The first kappa shape index (κ1) is 16.1. The summed E-state index contributed by atoms with van der Waals surface area (Å²) in [5, 5.41) is 0.0992. The van der Waals surface area contributed by atoms with Crippen LogP contribution in [-0.4, -0.2) is 13.4 Å². The van der Waals surface area contributed by atoms with Gasteiger partial charge in [0.15, 0.2) is 0 Å². The number of aromatic nitrogens is 1. The molecular formula is C13H13BrClN3O2S. The van der Waals surface area contributed by atoms with Gasteiger partial charge in [-0.2, -0.15) is 0 Å². The van der Waals surface area contributed by atoms with E-state index in [9.17, 15) is 8.42 Å². The Morgan fingerprint density at radius 2 is 1.81 bits per heavy atom. The minimum atomic E-state index is -3.78. The summed E-state index contributed by atoms with van der Waals surface area (Å²) in [4.78, 5) is 3.73. The number of aryl methyl sites for hydroxylation is 2. The molecule has 0 radical (unpaired) electrons. The average molecular weight is 391 g/mol. The fraction of sp³-hybridized carbons (Fsp3) is 0.154. The van der Waals surface area contributed by atoms with Gasteiger partial charge < -0.3 is 5.73 Å². The Balaban J connectivity index is 2.44. The molecule has 3 N–H and O–H groups in total. The Morgan fingerprint density at radius 1 is 1.24 bits per heavy atom. The van der Waals surface area contributed by atoms with Crippen LogP contribution in [0.4, 0.5) is 11.5 Å². The lowest BCUT2D eigenvalue weighted by Crippen LogP contribution is -2.15. The summed E-state index contributed by atoms with van der Waals surface area (Å²) in [6, 6.07) is 4.94. The molecule has 0 bridgehead atoms. The third kappa shape index (κ3) is 3.48. The van der Waals surface area contributed by atoms with Crippen LogP contribution in [0.25, 0.3) is 0 Å². The lowest BCUT2D eigenvalue weighted by atomic mass is 10.1. The zero-order chi connectivity index (χ0) is 15.8. The highest BCUT2D eigenvalue weighted by Gasteiger charge is 2.18. The van der Waals surface area contributed by atoms with Crippen LogP contribution in [0.1, 0.15) is 11.1 Å². The fourth-order valence-corrected chi connectivity index (χ4v) is 3.93. The van der Waals surface area contributed by atoms with E-state index in [1.54, 1.807) is 0 Å². The van der Waals surface area contributed by atoms with Crippen LogP contribution >= 0.6 is 27.5 Å². The van der Waals surface area contributed by atoms with E-state index in [0.717, 1.165) is 15.6 Å². The van der Waals surface area contributed by atoms with Gasteiger partial charge in [0, 0.05) is 10.7 Å². The van der Waals surface area contributed by atoms with Gasteiger partial charge in [0.25, 0.3) is 10.0 Å². The number of hydrogen-bond acceptors (Lipinski definition) is 4. The highest BCUT2D eigenvalue weighted by molar-refractivity contribution is 9.10. The highest BCUT2D eigenvalue weighted by atomic mass is 79.9. The van der Waals surface area contributed by atoms with Gasteiger partial charge in [-0.05, 0) is 43.2 Å². The SMILES string of the molecule is Cc1cc(Br)cc(C)c1NS(=O)(=O)c1cnc(N)c(Cl)c1. The lowest BCUT2D eigenvalue weighted by molar-refractivity contribution is 0.601. The van der Waals surface area contributed by atoms with Crippen molar-refractivity contribution in [2.45, 2.75) is 18.7 Å². The van der Waals surface area contributed by atoms with Crippen molar-refractivity contribution in [2.75, 3.05) is 10.5 Å². The summed E-state index contributed by atoms with van der Waals surface area (Å²) >= 11 is 9.19. The van der Waals surface area contributed by atoms with E-state index in [0.29, 0.717) is 5.69 Å². The van der Waals surface area contributed by atoms with Crippen molar-refractivity contribution in [3.05, 3.63) is 45.0 Å². The van der Waals surface area contributed by atoms with Gasteiger partial charge in [-0.1, -0.05) is 27.5 Å². The van der Waals surface area contributed by atoms with Crippen LogP contribution in [0, 0.1) is 13.8 Å². The first-order valence-electron chi connectivity index (χ1n) is 5.91. The minimum absolute atomic E-state index is 0.0385. The van der Waals surface area contributed by atoms with E-state index in [2.05, 4.69) is 25.6 Å². The number of halogens is 2. The van der Waals surface area contributed by atoms with Gasteiger partial charge >= 0.3 is 0 Å². The van der Waals surface area contributed by atoms with Crippen molar-refractivity contribution < 1.29 is 8.42 Å². The van der Waals surface area contributed by atoms with Gasteiger partial charge in [-0.15, -0.1) is 0 Å². The molecule has 0 unspecified atom stereocenters. The molecule has 0 saturated carbocycles. The highest BCUT2D eigenvalue weighted by Crippen LogP contribution is 2.28. The van der Waals surface area contributed by atoms with Gasteiger partial charge in [0.1, 0.15) is 10.7 Å². The van der Waals surface area contributed by atoms with Crippen LogP contribution in [0.2, 0.25) is 5.02 Å². The normalized spacial score (nSPS) is 11.4. The van der Waals surface area contributed by atoms with Crippen molar-refractivity contribution in [3.63, 3.8) is 0 Å². The van der Waals surface area contributed by atoms with E-state index >= 15 is 0 Å². The van der Waals surface area contributed by atoms with Crippen molar-refractivity contribution in [1.29, 1.82) is 0 Å². The molecule has 0 aliphatic carbocycles. The molecule has 0 fully saturated rings. The van der Waals surface area contributed by atoms with Crippen molar-refractivity contribution in [3.8, 4) is 0 Å². The van der Waals surface area contributed by atoms with Crippen LogP contribution in [0.3, 0.4) is 0 Å². The first-order valence-corrected chi connectivity index (χ1v) is 8.56. The fourth-order valence-electron chi connectivity index (χ4n) is 1.84. The Bertz CT molecular complexity index is 786. The quantitative estimate of drug-likeness (QED) is 0.840. The molecular weight excluding hydrogens is 378 g/mol. The summed E-state index contributed by atoms with van der Waals surface area (Å²) in [5.41, 5.74) is 7.63. The van der Waals surface area contributed by atoms with E-state index in [4.69, 9.17) is 17.3 Å². The van der Waals surface area contributed by atoms with Crippen molar-refractivity contribution >= 4 is 49.1 Å². The van der Waals surface area contributed by atoms with Crippen molar-refractivity contribution in [2.24, 2.45) is 0 Å². The molecule has 2 aromatic rings. The van der Waals surface area contributed by atoms with Crippen LogP contribution in [0.15, 0.2) is 33.8 Å². The molecule has 8 heteroatoms. The number of nitrogens with two attached hydrogens (primary N) is 1. The second-order valence-corrected chi connectivity index (χ2v) is 7.56. The van der Waals surface area contributed by atoms with Crippen LogP contribution in [0.5, 0.6) is 0 Å². The first-order chi connectivity index (χ1) is 9.70. The van der Waals surface area contributed by atoms with E-state index in [1.807, 2.05) is 26.0 Å². The molecule has 0 atom stereocenters. The number of nitrogen functional groups attached to an aromatic ring is 1. The molecule has 1 aromatic carbocycles. The maximum Gasteiger partial charge on any atom is 0.263 e. The second kappa shape index (κ2) is 5.82. The number of nitrogens with zero attached hydrogens (tertiary/aromatic N) is 1. The monoisotopic (exact) mass is 389 g/mol. The molecule has 112 valence electrons. The zero-order valence-electron chi connectivity index (χ0n) is 11.3. The van der Waals surface area contributed by atoms with Crippen LogP contribution in [-0.2, 0) is 10.0 Å². The van der Waals surface area contributed by atoms with Gasteiger partial charge in [0.05, 0.1) is 10.7 Å². The molecule has 0 amide bonds. The third-order valence-electron chi connectivity index (χ3n) is 2.89.